The molecule has 110 valence electrons. The molecule has 20 heavy (non-hydrogen) atoms. The summed E-state index contributed by atoms with van der Waals surface area (Å²) in [5.41, 5.74) is 0.709. The number of carbonyl (C=O) groups is 1. The van der Waals surface area contributed by atoms with Crippen molar-refractivity contribution in [3.05, 3.63) is 24.3 Å². The van der Waals surface area contributed by atoms with E-state index in [-0.39, 0.29) is 5.91 Å². The summed E-state index contributed by atoms with van der Waals surface area (Å²) in [7, 11) is 0. The predicted octanol–water partition coefficient (Wildman–Crippen LogP) is 2.97. The Balaban J connectivity index is 1.79. The molecule has 1 saturated carbocycles. The summed E-state index contributed by atoms with van der Waals surface area (Å²) in [6.07, 6.45) is 5.45. The first-order valence-electron chi connectivity index (χ1n) is 7.32. The highest BCUT2D eigenvalue weighted by molar-refractivity contribution is 5.88. The fraction of sp³-hybridized carbons (Fsp3) is 0.562. The first-order chi connectivity index (χ1) is 9.63. The molecule has 0 radical (unpaired) electrons. The first-order valence-corrected chi connectivity index (χ1v) is 7.32. The number of rotatable bonds is 6. The van der Waals surface area contributed by atoms with Crippen LogP contribution in [-0.2, 0) is 4.79 Å². The Labute approximate surface area is 120 Å². The minimum Gasteiger partial charge on any atom is -0.491 e. The number of aliphatic hydroxyl groups excluding tert-OH is 1. The van der Waals surface area contributed by atoms with E-state index in [1.54, 1.807) is 6.07 Å². The molecule has 1 aromatic rings. The van der Waals surface area contributed by atoms with E-state index in [4.69, 9.17) is 4.74 Å². The second-order valence-corrected chi connectivity index (χ2v) is 5.56. The Morgan fingerprint density at radius 3 is 2.90 bits per heavy atom. The Hall–Kier alpha value is -1.55. The molecule has 1 aliphatic rings. The van der Waals surface area contributed by atoms with E-state index in [0.29, 0.717) is 24.0 Å². The van der Waals surface area contributed by atoms with Crippen molar-refractivity contribution in [3.63, 3.8) is 0 Å². The topological polar surface area (TPSA) is 58.6 Å². The lowest BCUT2D eigenvalue weighted by Gasteiger charge is -2.16. The van der Waals surface area contributed by atoms with Gasteiger partial charge >= 0.3 is 0 Å². The number of anilines is 1. The minimum atomic E-state index is -0.414. The van der Waals surface area contributed by atoms with Crippen LogP contribution in [0.25, 0.3) is 0 Å². The fourth-order valence-corrected chi connectivity index (χ4v) is 2.76. The van der Waals surface area contributed by atoms with Gasteiger partial charge < -0.3 is 15.2 Å². The van der Waals surface area contributed by atoms with Crippen LogP contribution < -0.4 is 10.1 Å². The summed E-state index contributed by atoms with van der Waals surface area (Å²) in [5.74, 6) is 1.21. The molecule has 0 saturated heterocycles. The normalized spacial score (nSPS) is 16.9. The van der Waals surface area contributed by atoms with Crippen molar-refractivity contribution in [2.75, 3.05) is 11.9 Å². The molecule has 2 rings (SSSR count). The van der Waals surface area contributed by atoms with Crippen LogP contribution in [0.1, 0.15) is 39.0 Å². The highest BCUT2D eigenvalue weighted by Crippen LogP contribution is 2.28. The zero-order valence-electron chi connectivity index (χ0n) is 12.0. The van der Waals surface area contributed by atoms with Gasteiger partial charge in [-0.05, 0) is 24.5 Å². The van der Waals surface area contributed by atoms with E-state index in [9.17, 15) is 9.90 Å². The van der Waals surface area contributed by atoms with E-state index in [2.05, 4.69) is 5.32 Å². The molecule has 4 heteroatoms. The number of hydrogen-bond acceptors (Lipinski definition) is 3. The molecule has 1 aromatic carbocycles. The lowest BCUT2D eigenvalue weighted by molar-refractivity contribution is -0.114. The summed E-state index contributed by atoms with van der Waals surface area (Å²) in [4.78, 5) is 11.0. The Morgan fingerprint density at radius 2 is 2.20 bits per heavy atom. The SMILES string of the molecule is CC(=O)Nc1cccc(OCC(O)CC2CCCC2)c1. The first kappa shape index (κ1) is 14.9. The molecule has 0 heterocycles. The second kappa shape index (κ2) is 7.29. The van der Waals surface area contributed by atoms with Crippen molar-refractivity contribution >= 4 is 11.6 Å². The maximum Gasteiger partial charge on any atom is 0.221 e. The van der Waals surface area contributed by atoms with Gasteiger partial charge in [0.1, 0.15) is 12.4 Å². The van der Waals surface area contributed by atoms with Crippen LogP contribution in [0, 0.1) is 5.92 Å². The quantitative estimate of drug-likeness (QED) is 0.840. The van der Waals surface area contributed by atoms with E-state index < -0.39 is 6.10 Å². The van der Waals surface area contributed by atoms with Crippen molar-refractivity contribution in [2.45, 2.75) is 45.1 Å². The van der Waals surface area contributed by atoms with Gasteiger partial charge in [-0.2, -0.15) is 0 Å². The summed E-state index contributed by atoms with van der Waals surface area (Å²) in [6.45, 7) is 1.78. The van der Waals surface area contributed by atoms with Gasteiger partial charge in [-0.1, -0.05) is 31.7 Å². The highest BCUT2D eigenvalue weighted by atomic mass is 16.5. The molecule has 2 N–H and O–H groups in total. The monoisotopic (exact) mass is 277 g/mol. The molecule has 0 aromatic heterocycles. The maximum absolute atomic E-state index is 11.0. The Kier molecular flexibility index (Phi) is 5.41. The molecule has 0 spiro atoms. The summed E-state index contributed by atoms with van der Waals surface area (Å²) >= 11 is 0. The average molecular weight is 277 g/mol. The Bertz CT molecular complexity index is 441. The number of ether oxygens (including phenoxy) is 1. The van der Waals surface area contributed by atoms with E-state index >= 15 is 0 Å². The lowest BCUT2D eigenvalue weighted by Crippen LogP contribution is -2.20. The van der Waals surface area contributed by atoms with Crippen LogP contribution in [0.15, 0.2) is 24.3 Å². The lowest BCUT2D eigenvalue weighted by atomic mass is 10.0. The number of benzene rings is 1. The molecular formula is C16H23NO3. The number of carbonyl (C=O) groups excluding carboxylic acids is 1. The van der Waals surface area contributed by atoms with Gasteiger partial charge in [0.15, 0.2) is 0 Å². The molecule has 1 atom stereocenters. The summed E-state index contributed by atoms with van der Waals surface area (Å²) < 4.78 is 5.60. The van der Waals surface area contributed by atoms with Crippen LogP contribution in [0.3, 0.4) is 0 Å². The average Bonchev–Trinajstić information content (AvgIpc) is 2.89. The van der Waals surface area contributed by atoms with Crippen molar-refractivity contribution in [3.8, 4) is 5.75 Å². The number of amides is 1. The predicted molar refractivity (Wildman–Crippen MR) is 78.8 cm³/mol. The van der Waals surface area contributed by atoms with Crippen LogP contribution >= 0.6 is 0 Å². The third-order valence-corrected chi connectivity index (χ3v) is 3.68. The van der Waals surface area contributed by atoms with Gasteiger partial charge in [0.2, 0.25) is 5.91 Å². The van der Waals surface area contributed by atoms with Crippen LogP contribution in [0.4, 0.5) is 5.69 Å². The van der Waals surface area contributed by atoms with Crippen molar-refractivity contribution in [2.24, 2.45) is 5.92 Å². The minimum absolute atomic E-state index is 0.108. The van der Waals surface area contributed by atoms with E-state index in [1.807, 2.05) is 18.2 Å². The van der Waals surface area contributed by atoms with Gasteiger partial charge in [0.25, 0.3) is 0 Å². The zero-order chi connectivity index (χ0) is 14.4. The third-order valence-electron chi connectivity index (χ3n) is 3.68. The number of aliphatic hydroxyl groups is 1. The fourth-order valence-electron chi connectivity index (χ4n) is 2.76. The highest BCUT2D eigenvalue weighted by Gasteiger charge is 2.19. The Morgan fingerprint density at radius 1 is 1.45 bits per heavy atom. The molecule has 1 fully saturated rings. The molecule has 0 bridgehead atoms. The zero-order valence-corrected chi connectivity index (χ0v) is 12.0. The van der Waals surface area contributed by atoms with Crippen molar-refractivity contribution < 1.29 is 14.6 Å². The number of hydrogen-bond donors (Lipinski definition) is 2. The van der Waals surface area contributed by atoms with E-state index in [1.165, 1.54) is 32.6 Å². The van der Waals surface area contributed by atoms with Gasteiger partial charge in [0, 0.05) is 18.7 Å². The van der Waals surface area contributed by atoms with Crippen LogP contribution in [0.2, 0.25) is 0 Å². The maximum atomic E-state index is 11.0. The van der Waals surface area contributed by atoms with Gasteiger partial charge in [-0.3, -0.25) is 4.79 Å². The molecule has 1 unspecified atom stereocenters. The van der Waals surface area contributed by atoms with Gasteiger partial charge in [0.05, 0.1) is 6.10 Å². The van der Waals surface area contributed by atoms with E-state index in [0.717, 1.165) is 6.42 Å². The second-order valence-electron chi connectivity index (χ2n) is 5.56. The largest absolute Gasteiger partial charge is 0.491 e. The summed E-state index contributed by atoms with van der Waals surface area (Å²) in [5, 5.41) is 12.7. The smallest absolute Gasteiger partial charge is 0.221 e. The van der Waals surface area contributed by atoms with Crippen LogP contribution in [-0.4, -0.2) is 23.7 Å². The van der Waals surface area contributed by atoms with Gasteiger partial charge in [-0.25, -0.2) is 0 Å². The van der Waals surface area contributed by atoms with Crippen molar-refractivity contribution in [1.29, 1.82) is 0 Å². The molecule has 0 aliphatic heterocycles. The van der Waals surface area contributed by atoms with Crippen molar-refractivity contribution in [1.82, 2.24) is 0 Å². The molecule has 1 amide bonds. The molecule has 1 aliphatic carbocycles. The van der Waals surface area contributed by atoms with Gasteiger partial charge in [-0.15, -0.1) is 0 Å². The van der Waals surface area contributed by atoms with Crippen LogP contribution in [0.5, 0.6) is 5.75 Å². The standard InChI is InChI=1S/C16H23NO3/c1-12(18)17-14-7-4-8-16(10-14)20-11-15(19)9-13-5-2-3-6-13/h4,7-8,10,13,15,19H,2-3,5-6,9,11H2,1H3,(H,17,18). The summed E-state index contributed by atoms with van der Waals surface area (Å²) in [6, 6.07) is 7.23. The number of nitrogens with one attached hydrogen (secondary N) is 1. The third kappa shape index (κ3) is 4.85. The molecular weight excluding hydrogens is 254 g/mol. The molecule has 4 nitrogen and oxygen atoms in total.